The topological polar surface area (TPSA) is 154 Å². The van der Waals surface area contributed by atoms with Crippen LogP contribution < -0.4 is 26.6 Å². The molecule has 5 N–H and O–H groups in total. The number of nitrogens with zero attached hydrogens (tertiary/aromatic N) is 1. The zero-order valence-electron chi connectivity index (χ0n) is 17.4. The lowest BCUT2D eigenvalue weighted by Crippen LogP contribution is -2.72. The Bertz CT molecular complexity index is 1120. The molecule has 2 aliphatic heterocycles. The lowest BCUT2D eigenvalue weighted by atomic mass is 9.81. The summed E-state index contributed by atoms with van der Waals surface area (Å²) in [6.07, 6.45) is -1.67. The van der Waals surface area contributed by atoms with Crippen molar-refractivity contribution in [1.29, 1.82) is 0 Å². The van der Waals surface area contributed by atoms with E-state index in [2.05, 4.69) is 26.6 Å². The zero-order valence-corrected chi connectivity index (χ0v) is 18.2. The van der Waals surface area contributed by atoms with Gasteiger partial charge >= 0.3 is 0 Å². The summed E-state index contributed by atoms with van der Waals surface area (Å²) < 4.78 is 0. The number of rotatable bonds is 5. The van der Waals surface area contributed by atoms with E-state index in [1.807, 2.05) is 0 Å². The molecule has 3 amide bonds. The number of nitro benzene ring substituents is 1. The minimum atomic E-state index is -0.966. The summed E-state index contributed by atoms with van der Waals surface area (Å²) in [4.78, 5) is 48.8. The lowest BCUT2D eigenvalue weighted by molar-refractivity contribution is -0.384. The van der Waals surface area contributed by atoms with Crippen molar-refractivity contribution in [1.82, 2.24) is 16.0 Å². The van der Waals surface area contributed by atoms with E-state index in [-0.39, 0.29) is 23.7 Å². The van der Waals surface area contributed by atoms with Gasteiger partial charge in [0.2, 0.25) is 17.7 Å². The second-order valence-corrected chi connectivity index (χ2v) is 8.32. The van der Waals surface area contributed by atoms with E-state index in [9.17, 15) is 24.5 Å². The Kier molecular flexibility index (Phi) is 6.16. The minimum absolute atomic E-state index is 0.177. The number of amides is 3. The summed E-state index contributed by atoms with van der Waals surface area (Å²) >= 11 is 5.89. The van der Waals surface area contributed by atoms with E-state index in [1.165, 1.54) is 18.2 Å². The molecule has 0 aromatic heterocycles. The normalized spacial score (nSPS) is 24.2. The van der Waals surface area contributed by atoms with Gasteiger partial charge in [0.15, 0.2) is 6.29 Å². The predicted molar refractivity (Wildman–Crippen MR) is 120 cm³/mol. The van der Waals surface area contributed by atoms with Gasteiger partial charge in [0.1, 0.15) is 0 Å². The van der Waals surface area contributed by atoms with E-state index in [1.54, 1.807) is 31.2 Å². The van der Waals surface area contributed by atoms with Crippen LogP contribution in [-0.2, 0) is 14.4 Å². The fourth-order valence-corrected chi connectivity index (χ4v) is 4.08. The number of piperidine rings is 1. The number of anilines is 2. The molecule has 2 aliphatic rings. The van der Waals surface area contributed by atoms with Gasteiger partial charge in [-0.2, -0.15) is 0 Å². The third-order valence-electron chi connectivity index (χ3n) is 5.63. The summed E-state index contributed by atoms with van der Waals surface area (Å²) in [6, 6.07) is 11.0. The van der Waals surface area contributed by atoms with Crippen LogP contribution in [0.15, 0.2) is 42.5 Å². The van der Waals surface area contributed by atoms with Crippen LogP contribution >= 0.6 is 11.6 Å². The molecule has 0 spiro atoms. The number of aryl methyl sites for hydroxylation is 1. The first kappa shape index (κ1) is 22.5. The molecule has 172 valence electrons. The van der Waals surface area contributed by atoms with E-state index in [4.69, 9.17) is 11.6 Å². The minimum Gasteiger partial charge on any atom is -0.353 e. The molecule has 0 radical (unpaired) electrons. The van der Waals surface area contributed by atoms with Gasteiger partial charge < -0.3 is 21.3 Å². The number of carbonyl (C=O) groups excluding carboxylic acids is 3. The average molecular weight is 473 g/mol. The molecule has 11 nitrogen and oxygen atoms in total. The van der Waals surface area contributed by atoms with Crippen molar-refractivity contribution in [3.05, 3.63) is 63.2 Å². The predicted octanol–water partition coefficient (Wildman–Crippen LogP) is 1.69. The van der Waals surface area contributed by atoms with Crippen molar-refractivity contribution in [3.63, 3.8) is 0 Å². The number of fused-ring (bicyclic) bond motifs is 1. The maximum absolute atomic E-state index is 13.1. The summed E-state index contributed by atoms with van der Waals surface area (Å²) in [7, 11) is 0. The lowest BCUT2D eigenvalue weighted by Gasteiger charge is -2.43. The van der Waals surface area contributed by atoms with E-state index < -0.39 is 41.0 Å². The summed E-state index contributed by atoms with van der Waals surface area (Å²) in [5, 5.41) is 25.9. The number of non-ortho nitro benzene ring substituents is 1. The molecule has 2 saturated heterocycles. The summed E-state index contributed by atoms with van der Waals surface area (Å²) in [5.74, 6) is -3.21. The molecule has 0 bridgehead atoms. The number of hydrogen-bond donors (Lipinski definition) is 5. The SMILES string of the molecule is Cc1ccc([N+](=O)[O-])cc1NC(=O)C1CC(=O)NC2NC(Nc3ccc(Cl)cc3)NC(=O)C21. The number of carbonyl (C=O) groups is 3. The smallest absolute Gasteiger partial charge is 0.271 e. The fraction of sp³-hybridized carbons (Fsp3) is 0.286. The van der Waals surface area contributed by atoms with Crippen LogP contribution in [0.5, 0.6) is 0 Å². The average Bonchev–Trinajstić information content (AvgIpc) is 2.75. The first-order chi connectivity index (χ1) is 15.7. The first-order valence-corrected chi connectivity index (χ1v) is 10.5. The van der Waals surface area contributed by atoms with E-state index in [0.29, 0.717) is 16.3 Å². The van der Waals surface area contributed by atoms with Gasteiger partial charge in [0.25, 0.3) is 5.69 Å². The van der Waals surface area contributed by atoms with E-state index in [0.717, 1.165) is 0 Å². The summed E-state index contributed by atoms with van der Waals surface area (Å²) in [6.45, 7) is 1.69. The van der Waals surface area contributed by atoms with Crippen molar-refractivity contribution < 1.29 is 19.3 Å². The molecule has 2 fully saturated rings. The quantitative estimate of drug-likeness (QED) is 0.327. The molecule has 0 saturated carbocycles. The first-order valence-electron chi connectivity index (χ1n) is 10.1. The molecule has 2 heterocycles. The second-order valence-electron chi connectivity index (χ2n) is 7.89. The Morgan fingerprint density at radius 3 is 2.58 bits per heavy atom. The summed E-state index contributed by atoms with van der Waals surface area (Å²) in [5.41, 5.74) is 1.38. The molecular weight excluding hydrogens is 452 g/mol. The number of hydrogen-bond acceptors (Lipinski definition) is 7. The van der Waals surface area contributed by atoms with Gasteiger partial charge in [-0.05, 0) is 36.8 Å². The maximum Gasteiger partial charge on any atom is 0.271 e. The third kappa shape index (κ3) is 4.89. The third-order valence-corrected chi connectivity index (χ3v) is 5.88. The standard InChI is InChI=1S/C21H21ClN6O5/c1-10-2-7-13(28(32)33)8-15(10)24-19(30)14-9-16(29)25-18-17(14)20(31)27-21(26-18)23-12-5-3-11(22)4-6-12/h2-8,14,17-18,21,23,26H,9H2,1H3,(H,24,30)(H,25,29)(H,27,31). The number of halogens is 1. The molecule has 2 aromatic carbocycles. The van der Waals surface area contributed by atoms with Gasteiger partial charge in [-0.3, -0.25) is 29.8 Å². The zero-order chi connectivity index (χ0) is 23.7. The van der Waals surface area contributed by atoms with Crippen LogP contribution in [0.3, 0.4) is 0 Å². The number of nitrogens with one attached hydrogen (secondary N) is 5. The molecule has 0 aliphatic carbocycles. The van der Waals surface area contributed by atoms with Crippen LogP contribution in [0.1, 0.15) is 12.0 Å². The maximum atomic E-state index is 13.1. The van der Waals surface area contributed by atoms with Crippen molar-refractivity contribution in [3.8, 4) is 0 Å². The highest BCUT2D eigenvalue weighted by molar-refractivity contribution is 6.30. The van der Waals surface area contributed by atoms with Gasteiger partial charge in [-0.15, -0.1) is 0 Å². The second kappa shape index (κ2) is 9.04. The van der Waals surface area contributed by atoms with Gasteiger partial charge in [-0.25, -0.2) is 0 Å². The molecule has 4 rings (SSSR count). The van der Waals surface area contributed by atoms with Crippen LogP contribution in [0, 0.1) is 28.9 Å². The highest BCUT2D eigenvalue weighted by Gasteiger charge is 2.48. The van der Waals surface area contributed by atoms with Crippen molar-refractivity contribution >= 4 is 46.4 Å². The van der Waals surface area contributed by atoms with Crippen molar-refractivity contribution in [2.75, 3.05) is 10.6 Å². The number of benzene rings is 2. The van der Waals surface area contributed by atoms with Crippen LogP contribution in [0.25, 0.3) is 0 Å². The molecule has 2 aromatic rings. The van der Waals surface area contributed by atoms with Crippen LogP contribution in [0.2, 0.25) is 5.02 Å². The van der Waals surface area contributed by atoms with Crippen molar-refractivity contribution in [2.24, 2.45) is 11.8 Å². The molecular formula is C21H21ClN6O5. The van der Waals surface area contributed by atoms with Gasteiger partial charge in [-0.1, -0.05) is 17.7 Å². The van der Waals surface area contributed by atoms with Crippen LogP contribution in [-0.4, -0.2) is 35.1 Å². The van der Waals surface area contributed by atoms with Crippen molar-refractivity contribution in [2.45, 2.75) is 25.8 Å². The Morgan fingerprint density at radius 1 is 1.15 bits per heavy atom. The Labute approximate surface area is 193 Å². The van der Waals surface area contributed by atoms with Crippen LogP contribution in [0.4, 0.5) is 17.1 Å². The van der Waals surface area contributed by atoms with Gasteiger partial charge in [0, 0.05) is 29.3 Å². The molecule has 12 heteroatoms. The molecule has 4 unspecified atom stereocenters. The largest absolute Gasteiger partial charge is 0.353 e. The molecule has 33 heavy (non-hydrogen) atoms. The highest BCUT2D eigenvalue weighted by Crippen LogP contribution is 2.29. The van der Waals surface area contributed by atoms with E-state index >= 15 is 0 Å². The fourth-order valence-electron chi connectivity index (χ4n) is 3.95. The monoisotopic (exact) mass is 472 g/mol. The Balaban J connectivity index is 1.50. The Hall–Kier alpha value is -3.70. The number of nitro groups is 1. The van der Waals surface area contributed by atoms with Gasteiger partial charge in [0.05, 0.1) is 28.6 Å². The highest BCUT2D eigenvalue weighted by atomic mass is 35.5. The molecule has 4 atom stereocenters. The Morgan fingerprint density at radius 2 is 1.88 bits per heavy atom.